The molecule has 0 aliphatic carbocycles. The van der Waals surface area contributed by atoms with Crippen LogP contribution in [-0.2, 0) is 4.74 Å². The zero-order valence-corrected chi connectivity index (χ0v) is 32.2. The predicted octanol–water partition coefficient (Wildman–Crippen LogP) is 7.44. The fourth-order valence-electron chi connectivity index (χ4n) is 10.4. The van der Waals surface area contributed by atoms with Gasteiger partial charge in [-0.2, -0.15) is 11.8 Å². The lowest BCUT2D eigenvalue weighted by Gasteiger charge is -2.38. The molecule has 6 rings (SSSR count). The van der Waals surface area contributed by atoms with Crippen molar-refractivity contribution in [2.75, 3.05) is 44.9 Å². The van der Waals surface area contributed by atoms with E-state index in [1.807, 2.05) is 0 Å². The van der Waals surface area contributed by atoms with Crippen molar-refractivity contribution in [1.82, 2.24) is 19.6 Å². The Kier molecular flexibility index (Phi) is 13.5. The number of ether oxygens (including phenoxy) is 1. The number of fused-ring (bicyclic) bond motifs is 3. The second-order valence-electron chi connectivity index (χ2n) is 17.4. The van der Waals surface area contributed by atoms with Gasteiger partial charge in [0.05, 0.1) is 6.61 Å². The second kappa shape index (κ2) is 16.0. The number of likely N-dealkylation sites (tertiary alicyclic amines) is 4. The van der Waals surface area contributed by atoms with Crippen molar-refractivity contribution in [3.05, 3.63) is 0 Å². The van der Waals surface area contributed by atoms with E-state index in [9.17, 15) is 0 Å². The predicted molar refractivity (Wildman–Crippen MR) is 193 cm³/mol. The van der Waals surface area contributed by atoms with Crippen molar-refractivity contribution in [1.29, 1.82) is 0 Å². The van der Waals surface area contributed by atoms with Gasteiger partial charge in [-0.1, -0.05) is 41.5 Å². The maximum absolute atomic E-state index is 5.61. The molecule has 6 heteroatoms. The number of nitrogens with zero attached hydrogens (tertiary/aromatic N) is 4. The standard InChI is InChI=1S/C13H26N2.C13H25NO.C12H23NS/c1-9(2)12-6-11-7-14(5)8-13(11)15(12)10(3)4;1-9(2)13-7-11-8-15-6-5-12(11)14(13)10(3)4;1-8(2)11-5-10-6-14-7-12(10)13(11)9(3)4/h9-13H,6-8H2,1-5H3;9-13H,5-8H2,1-4H3;8-12H,5-7H2,1-4H3. The molecule has 0 spiro atoms. The van der Waals surface area contributed by atoms with E-state index in [0.29, 0.717) is 12.1 Å². The molecule has 0 aromatic heterocycles. The van der Waals surface area contributed by atoms with Crippen LogP contribution in [0.5, 0.6) is 0 Å². The van der Waals surface area contributed by atoms with Crippen LogP contribution in [0.1, 0.15) is 109 Å². The first-order chi connectivity index (χ1) is 20.7. The summed E-state index contributed by atoms with van der Waals surface area (Å²) in [4.78, 5) is 10.9. The fraction of sp³-hybridized carbons (Fsp3) is 1.00. The lowest BCUT2D eigenvalue weighted by Crippen LogP contribution is -2.46. The lowest BCUT2D eigenvalue weighted by molar-refractivity contribution is 0.00832. The molecule has 5 nitrogen and oxygen atoms in total. The van der Waals surface area contributed by atoms with Crippen molar-refractivity contribution >= 4 is 11.8 Å². The Hall–Kier alpha value is 0.150. The number of likely N-dealkylation sites (N-methyl/N-ethyl adjacent to an activating group) is 1. The number of thioether (sulfide) groups is 1. The van der Waals surface area contributed by atoms with Gasteiger partial charge in [-0.25, -0.2) is 0 Å². The Morgan fingerprint density at radius 2 is 1.02 bits per heavy atom. The molecule has 0 bridgehead atoms. The second-order valence-corrected chi connectivity index (χ2v) is 18.4. The van der Waals surface area contributed by atoms with E-state index in [1.165, 1.54) is 50.3 Å². The summed E-state index contributed by atoms with van der Waals surface area (Å²) >= 11 is 2.16. The Labute approximate surface area is 278 Å². The van der Waals surface area contributed by atoms with Gasteiger partial charge < -0.3 is 9.64 Å². The average Bonchev–Trinajstić information content (AvgIpc) is 3.72. The van der Waals surface area contributed by atoms with E-state index in [4.69, 9.17) is 4.74 Å². The molecule has 9 atom stereocenters. The topological polar surface area (TPSA) is 22.2 Å². The molecule has 0 radical (unpaired) electrons. The summed E-state index contributed by atoms with van der Waals surface area (Å²) in [6.07, 6.45) is 5.46. The van der Waals surface area contributed by atoms with Crippen LogP contribution in [0, 0.1) is 35.5 Å². The van der Waals surface area contributed by atoms with Crippen molar-refractivity contribution in [2.45, 2.75) is 163 Å². The molecule has 6 aliphatic heterocycles. The van der Waals surface area contributed by atoms with Crippen LogP contribution in [0.2, 0.25) is 0 Å². The van der Waals surface area contributed by atoms with Crippen molar-refractivity contribution in [3.8, 4) is 0 Å². The zero-order chi connectivity index (χ0) is 32.5. The molecule has 258 valence electrons. The monoisotopic (exact) mass is 635 g/mol. The van der Waals surface area contributed by atoms with Crippen LogP contribution in [-0.4, -0.2) is 119 Å². The van der Waals surface area contributed by atoms with Crippen LogP contribution in [0.3, 0.4) is 0 Å². The third-order valence-corrected chi connectivity index (χ3v) is 13.5. The van der Waals surface area contributed by atoms with Gasteiger partial charge in [0.2, 0.25) is 0 Å². The highest BCUT2D eigenvalue weighted by Crippen LogP contribution is 2.43. The first-order valence-corrected chi connectivity index (χ1v) is 20.0. The molecule has 0 amide bonds. The molecule has 0 saturated carbocycles. The van der Waals surface area contributed by atoms with Gasteiger partial charge in [-0.15, -0.1) is 0 Å². The van der Waals surface area contributed by atoms with Crippen LogP contribution in [0.25, 0.3) is 0 Å². The highest BCUT2D eigenvalue weighted by atomic mass is 32.2. The average molecular weight is 635 g/mol. The summed E-state index contributed by atoms with van der Waals surface area (Å²) in [6, 6.07) is 7.11. The maximum Gasteiger partial charge on any atom is 0.0509 e. The third-order valence-electron chi connectivity index (χ3n) is 12.2. The Morgan fingerprint density at radius 1 is 0.545 bits per heavy atom. The third kappa shape index (κ3) is 8.23. The van der Waals surface area contributed by atoms with Crippen LogP contribution < -0.4 is 0 Å². The molecule has 6 saturated heterocycles. The van der Waals surface area contributed by atoms with Crippen LogP contribution in [0.4, 0.5) is 0 Å². The molecule has 6 aliphatic rings. The normalized spacial score (nSPS) is 38.1. The Bertz CT molecular complexity index is 849. The van der Waals surface area contributed by atoms with Crippen LogP contribution in [0.15, 0.2) is 0 Å². The van der Waals surface area contributed by atoms with Gasteiger partial charge in [-0.05, 0) is 116 Å². The molecule has 6 heterocycles. The van der Waals surface area contributed by atoms with Gasteiger partial charge in [0, 0.05) is 79.8 Å². The van der Waals surface area contributed by atoms with Gasteiger partial charge in [0.25, 0.3) is 0 Å². The quantitative estimate of drug-likeness (QED) is 0.301. The summed E-state index contributed by atoms with van der Waals surface area (Å²) in [7, 11) is 2.27. The van der Waals surface area contributed by atoms with Gasteiger partial charge in [0.1, 0.15) is 0 Å². The maximum atomic E-state index is 5.61. The first-order valence-electron chi connectivity index (χ1n) is 18.9. The van der Waals surface area contributed by atoms with E-state index in [0.717, 1.165) is 91.0 Å². The molecule has 0 aromatic rings. The summed E-state index contributed by atoms with van der Waals surface area (Å²) in [5.74, 6) is 7.94. The summed E-state index contributed by atoms with van der Waals surface area (Å²) in [5, 5.41) is 0. The molecule has 6 fully saturated rings. The number of rotatable bonds is 6. The highest BCUT2D eigenvalue weighted by Gasteiger charge is 2.48. The van der Waals surface area contributed by atoms with Gasteiger partial charge in [-0.3, -0.25) is 14.7 Å². The van der Waals surface area contributed by atoms with Crippen molar-refractivity contribution < 1.29 is 4.74 Å². The summed E-state index contributed by atoms with van der Waals surface area (Å²) in [5.41, 5.74) is 0. The van der Waals surface area contributed by atoms with E-state index in [-0.39, 0.29) is 0 Å². The van der Waals surface area contributed by atoms with E-state index >= 15 is 0 Å². The Balaban J connectivity index is 0.000000151. The fourth-order valence-corrected chi connectivity index (χ4v) is 11.8. The zero-order valence-electron chi connectivity index (χ0n) is 31.3. The first kappa shape index (κ1) is 37.0. The van der Waals surface area contributed by atoms with Crippen LogP contribution >= 0.6 is 11.8 Å². The minimum Gasteiger partial charge on any atom is -0.381 e. The minimum absolute atomic E-state index is 0.686. The Morgan fingerprint density at radius 3 is 1.55 bits per heavy atom. The van der Waals surface area contributed by atoms with E-state index < -0.39 is 0 Å². The summed E-state index contributed by atoms with van der Waals surface area (Å²) in [6.45, 7) is 32.9. The van der Waals surface area contributed by atoms with Gasteiger partial charge >= 0.3 is 0 Å². The van der Waals surface area contributed by atoms with Crippen molar-refractivity contribution in [3.63, 3.8) is 0 Å². The largest absolute Gasteiger partial charge is 0.381 e. The molecule has 44 heavy (non-hydrogen) atoms. The highest BCUT2D eigenvalue weighted by molar-refractivity contribution is 7.99. The number of hydrogen-bond donors (Lipinski definition) is 0. The lowest BCUT2D eigenvalue weighted by atomic mass is 9.93. The molecule has 0 N–H and O–H groups in total. The SMILES string of the molecule is CC(C)C1CC2CN(C)CC2N1C(C)C.CC(C)C1CC2COCCC2N1C(C)C.CC(C)C1CC2CSCC2N1C(C)C. The molecular formula is C38H74N4OS. The van der Waals surface area contributed by atoms with Gasteiger partial charge in [0.15, 0.2) is 0 Å². The van der Waals surface area contributed by atoms with Crippen molar-refractivity contribution in [2.24, 2.45) is 35.5 Å². The van der Waals surface area contributed by atoms with E-state index in [2.05, 4.69) is 121 Å². The molecule has 0 aromatic carbocycles. The minimum atomic E-state index is 0.686. The smallest absolute Gasteiger partial charge is 0.0509 e. The molecule has 9 unspecified atom stereocenters. The molecular weight excluding hydrogens is 561 g/mol. The number of hydrogen-bond acceptors (Lipinski definition) is 6. The summed E-state index contributed by atoms with van der Waals surface area (Å²) < 4.78 is 5.61. The van der Waals surface area contributed by atoms with E-state index in [1.54, 1.807) is 0 Å².